The molecule has 1 aromatic carbocycles. The maximum atomic E-state index is 12.1. The first-order chi connectivity index (χ1) is 8.45. The van der Waals surface area contributed by atoms with Gasteiger partial charge in [-0.25, -0.2) is 8.42 Å². The lowest BCUT2D eigenvalue weighted by atomic mass is 10.3. The number of sulfonamides is 1. The van der Waals surface area contributed by atoms with Crippen LogP contribution in [-0.4, -0.2) is 30.7 Å². The van der Waals surface area contributed by atoms with Crippen LogP contribution in [-0.2, 0) is 10.0 Å². The maximum absolute atomic E-state index is 12.1. The zero-order valence-electron chi connectivity index (χ0n) is 9.61. The standard InChI is InChI=1S/C10H11N3O4S/c1-2-12(8-7-11)18(16,17)10-6-4-3-5-9(10)13(14)15/h3-6H,2,8H2,1H3. The Morgan fingerprint density at radius 2 is 2.06 bits per heavy atom. The second kappa shape index (κ2) is 5.57. The van der Waals surface area contributed by atoms with Gasteiger partial charge in [0.15, 0.2) is 4.90 Å². The minimum atomic E-state index is -4.02. The third-order valence-corrected chi connectivity index (χ3v) is 4.25. The van der Waals surface area contributed by atoms with Crippen LogP contribution in [0.15, 0.2) is 29.2 Å². The van der Waals surface area contributed by atoms with Crippen molar-refractivity contribution >= 4 is 15.7 Å². The minimum Gasteiger partial charge on any atom is -0.258 e. The fraction of sp³-hybridized carbons (Fsp3) is 0.300. The van der Waals surface area contributed by atoms with Gasteiger partial charge >= 0.3 is 0 Å². The Labute approximate surface area is 104 Å². The Kier molecular flexibility index (Phi) is 4.36. The second-order valence-electron chi connectivity index (χ2n) is 3.31. The summed E-state index contributed by atoms with van der Waals surface area (Å²) in [5.41, 5.74) is -0.492. The number of para-hydroxylation sites is 1. The molecule has 0 aliphatic heterocycles. The summed E-state index contributed by atoms with van der Waals surface area (Å²) in [4.78, 5) is 9.64. The van der Waals surface area contributed by atoms with Gasteiger partial charge in [-0.15, -0.1) is 0 Å². The highest BCUT2D eigenvalue weighted by Crippen LogP contribution is 2.25. The maximum Gasteiger partial charge on any atom is 0.289 e. The van der Waals surface area contributed by atoms with Gasteiger partial charge in [-0.05, 0) is 6.07 Å². The summed E-state index contributed by atoms with van der Waals surface area (Å²) in [5.74, 6) is 0. The molecule has 18 heavy (non-hydrogen) atoms. The zero-order valence-corrected chi connectivity index (χ0v) is 10.4. The summed E-state index contributed by atoms with van der Waals surface area (Å²) in [6.07, 6.45) is 0. The first-order valence-corrected chi connectivity index (χ1v) is 6.49. The Hall–Kier alpha value is -1.98. The molecular weight excluding hydrogens is 258 g/mol. The van der Waals surface area contributed by atoms with Crippen LogP contribution >= 0.6 is 0 Å². The second-order valence-corrected chi connectivity index (χ2v) is 5.22. The molecule has 0 heterocycles. The molecule has 1 rings (SSSR count). The van der Waals surface area contributed by atoms with E-state index in [1.165, 1.54) is 12.1 Å². The van der Waals surface area contributed by atoms with Crippen molar-refractivity contribution in [3.05, 3.63) is 34.4 Å². The third-order valence-electron chi connectivity index (χ3n) is 2.28. The normalized spacial score (nSPS) is 11.2. The summed E-state index contributed by atoms with van der Waals surface area (Å²) in [6, 6.07) is 6.79. The third kappa shape index (κ3) is 2.64. The topological polar surface area (TPSA) is 104 Å². The van der Waals surface area contributed by atoms with Crippen LogP contribution in [0, 0.1) is 21.4 Å². The van der Waals surface area contributed by atoms with E-state index in [-0.39, 0.29) is 13.1 Å². The van der Waals surface area contributed by atoms with E-state index in [1.54, 1.807) is 13.0 Å². The van der Waals surface area contributed by atoms with E-state index in [1.807, 2.05) is 0 Å². The van der Waals surface area contributed by atoms with Gasteiger partial charge in [0.25, 0.3) is 15.7 Å². The fourth-order valence-corrected chi connectivity index (χ4v) is 2.91. The lowest BCUT2D eigenvalue weighted by Crippen LogP contribution is -2.31. The van der Waals surface area contributed by atoms with Crippen LogP contribution in [0.2, 0.25) is 0 Å². The molecule has 0 aliphatic rings. The molecule has 0 amide bonds. The van der Waals surface area contributed by atoms with Crippen molar-refractivity contribution in [2.45, 2.75) is 11.8 Å². The Morgan fingerprint density at radius 1 is 1.44 bits per heavy atom. The summed E-state index contributed by atoms with van der Waals surface area (Å²) in [7, 11) is -4.02. The van der Waals surface area contributed by atoms with Gasteiger partial charge in [0.1, 0.15) is 6.54 Å². The smallest absolute Gasteiger partial charge is 0.258 e. The van der Waals surface area contributed by atoms with E-state index in [0.717, 1.165) is 16.4 Å². The van der Waals surface area contributed by atoms with Crippen LogP contribution in [0.5, 0.6) is 0 Å². The number of hydrogen-bond acceptors (Lipinski definition) is 5. The lowest BCUT2D eigenvalue weighted by molar-refractivity contribution is -0.387. The first-order valence-electron chi connectivity index (χ1n) is 5.05. The molecule has 0 fully saturated rings. The van der Waals surface area contributed by atoms with Crippen LogP contribution < -0.4 is 0 Å². The molecule has 1 aromatic rings. The van der Waals surface area contributed by atoms with Gasteiger partial charge in [0, 0.05) is 12.6 Å². The van der Waals surface area contributed by atoms with Crippen molar-refractivity contribution < 1.29 is 13.3 Å². The summed E-state index contributed by atoms with van der Waals surface area (Å²) >= 11 is 0. The number of rotatable bonds is 5. The molecule has 0 bridgehead atoms. The quantitative estimate of drug-likeness (QED) is 0.452. The van der Waals surface area contributed by atoms with Gasteiger partial charge in [0.2, 0.25) is 0 Å². The van der Waals surface area contributed by atoms with E-state index < -0.39 is 25.5 Å². The fourth-order valence-electron chi connectivity index (χ4n) is 1.41. The van der Waals surface area contributed by atoms with E-state index in [9.17, 15) is 18.5 Å². The van der Waals surface area contributed by atoms with Crippen molar-refractivity contribution in [3.63, 3.8) is 0 Å². The molecular formula is C10H11N3O4S. The highest BCUT2D eigenvalue weighted by molar-refractivity contribution is 7.89. The number of hydrogen-bond donors (Lipinski definition) is 0. The van der Waals surface area contributed by atoms with E-state index >= 15 is 0 Å². The van der Waals surface area contributed by atoms with Crippen LogP contribution in [0.4, 0.5) is 5.69 Å². The zero-order chi connectivity index (χ0) is 13.8. The van der Waals surface area contributed by atoms with Crippen molar-refractivity contribution in [2.75, 3.05) is 13.1 Å². The summed E-state index contributed by atoms with van der Waals surface area (Å²) in [5, 5.41) is 19.4. The van der Waals surface area contributed by atoms with Gasteiger partial charge < -0.3 is 0 Å². The molecule has 0 N–H and O–H groups in total. The minimum absolute atomic E-state index is 0.0714. The van der Waals surface area contributed by atoms with Crippen molar-refractivity contribution in [2.24, 2.45) is 0 Å². The molecule has 0 saturated carbocycles. The molecule has 0 aromatic heterocycles. The molecule has 0 saturated heterocycles. The van der Waals surface area contributed by atoms with Crippen molar-refractivity contribution in [1.29, 1.82) is 5.26 Å². The molecule has 96 valence electrons. The van der Waals surface area contributed by atoms with Gasteiger partial charge in [-0.3, -0.25) is 10.1 Å². The number of nitro benzene ring substituents is 1. The van der Waals surface area contributed by atoms with Gasteiger partial charge in [-0.1, -0.05) is 19.1 Å². The molecule has 0 unspecified atom stereocenters. The van der Waals surface area contributed by atoms with Gasteiger partial charge in [0.05, 0.1) is 11.0 Å². The number of benzene rings is 1. The van der Waals surface area contributed by atoms with Crippen molar-refractivity contribution in [1.82, 2.24) is 4.31 Å². The van der Waals surface area contributed by atoms with E-state index in [0.29, 0.717) is 0 Å². The average Bonchev–Trinajstić information content (AvgIpc) is 2.35. The van der Waals surface area contributed by atoms with Crippen LogP contribution in [0.3, 0.4) is 0 Å². The SMILES string of the molecule is CCN(CC#N)S(=O)(=O)c1ccccc1[N+](=O)[O-]. The van der Waals surface area contributed by atoms with Gasteiger partial charge in [-0.2, -0.15) is 9.57 Å². The van der Waals surface area contributed by atoms with Crippen molar-refractivity contribution in [3.8, 4) is 6.07 Å². The number of nitriles is 1. The number of nitro groups is 1. The lowest BCUT2D eigenvalue weighted by Gasteiger charge is -2.16. The molecule has 7 nitrogen and oxygen atoms in total. The van der Waals surface area contributed by atoms with Crippen LogP contribution in [0.1, 0.15) is 6.92 Å². The molecule has 0 atom stereocenters. The number of nitrogens with zero attached hydrogens (tertiary/aromatic N) is 3. The molecule has 0 aliphatic carbocycles. The summed E-state index contributed by atoms with van der Waals surface area (Å²) in [6.45, 7) is 1.29. The summed E-state index contributed by atoms with van der Waals surface area (Å²) < 4.78 is 25.2. The van der Waals surface area contributed by atoms with Crippen LogP contribution in [0.25, 0.3) is 0 Å². The predicted octanol–water partition coefficient (Wildman–Crippen LogP) is 1.13. The largest absolute Gasteiger partial charge is 0.289 e. The first kappa shape index (κ1) is 14.1. The highest BCUT2D eigenvalue weighted by Gasteiger charge is 2.30. The highest BCUT2D eigenvalue weighted by atomic mass is 32.2. The molecule has 0 spiro atoms. The Bertz CT molecular complexity index is 591. The van der Waals surface area contributed by atoms with E-state index in [4.69, 9.17) is 5.26 Å². The molecule has 8 heteroatoms. The average molecular weight is 269 g/mol. The Morgan fingerprint density at radius 3 is 2.56 bits per heavy atom. The van der Waals surface area contributed by atoms with E-state index in [2.05, 4.69) is 0 Å². The monoisotopic (exact) mass is 269 g/mol. The molecule has 0 radical (unpaired) electrons. The Balaban J connectivity index is 3.37. The predicted molar refractivity (Wildman–Crippen MR) is 63.1 cm³/mol.